The van der Waals surface area contributed by atoms with Crippen LogP contribution in [0.2, 0.25) is 0 Å². The highest BCUT2D eigenvalue weighted by molar-refractivity contribution is 5.93. The molecular formula is C12H18O3. The minimum atomic E-state index is -0.617. The van der Waals surface area contributed by atoms with E-state index in [0.29, 0.717) is 0 Å². The molecule has 0 aromatic rings. The quantitative estimate of drug-likeness (QED) is 0.516. The molecule has 3 heteroatoms. The highest BCUT2D eigenvalue weighted by Crippen LogP contribution is 2.19. The number of carbonyl (C=O) groups excluding carboxylic acids is 1. The lowest BCUT2D eigenvalue weighted by Gasteiger charge is -2.29. The van der Waals surface area contributed by atoms with Crippen LogP contribution in [-0.4, -0.2) is 24.3 Å². The van der Waals surface area contributed by atoms with Gasteiger partial charge in [-0.05, 0) is 39.0 Å². The summed E-state index contributed by atoms with van der Waals surface area (Å²) in [6, 6.07) is 0. The molecule has 15 heavy (non-hydrogen) atoms. The first kappa shape index (κ1) is 12.2. The molecule has 1 unspecified atom stereocenters. The molecule has 1 fully saturated rings. The van der Waals surface area contributed by atoms with Gasteiger partial charge in [-0.2, -0.15) is 0 Å². The van der Waals surface area contributed by atoms with Crippen molar-refractivity contribution < 1.29 is 14.3 Å². The van der Waals surface area contributed by atoms with Gasteiger partial charge >= 0.3 is 0 Å². The summed E-state index contributed by atoms with van der Waals surface area (Å²) in [6.07, 6.45) is 2.96. The molecule has 3 nitrogen and oxygen atoms in total. The average Bonchev–Trinajstić information content (AvgIpc) is 2.16. The van der Waals surface area contributed by atoms with Crippen LogP contribution in [-0.2, 0) is 14.3 Å². The summed E-state index contributed by atoms with van der Waals surface area (Å²) in [4.78, 5) is 10.7. The molecule has 0 amide bonds. The molecule has 0 aliphatic carbocycles. The lowest BCUT2D eigenvalue weighted by molar-refractivity contribution is -0.199. The van der Waals surface area contributed by atoms with Gasteiger partial charge in [0.25, 0.3) is 0 Å². The molecule has 0 saturated carbocycles. The van der Waals surface area contributed by atoms with E-state index in [9.17, 15) is 4.79 Å². The summed E-state index contributed by atoms with van der Waals surface area (Å²) in [5.41, 5.74) is -0.617. The Labute approximate surface area is 91.1 Å². The Kier molecular flexibility index (Phi) is 4.31. The third-order valence-electron chi connectivity index (χ3n) is 2.10. The Morgan fingerprint density at radius 3 is 2.73 bits per heavy atom. The molecule has 1 saturated heterocycles. The summed E-state index contributed by atoms with van der Waals surface area (Å²) >= 11 is 0. The number of Topliss-reactive ketones (excluding diaryl/α,β-unsaturated/α-hetero) is 1. The number of carbonyl (C=O) groups is 1. The van der Waals surface area contributed by atoms with Crippen LogP contribution in [0.1, 0.15) is 40.0 Å². The van der Waals surface area contributed by atoms with Gasteiger partial charge < -0.3 is 9.47 Å². The molecule has 1 heterocycles. The minimum Gasteiger partial charge on any atom is -0.353 e. The van der Waals surface area contributed by atoms with Gasteiger partial charge in [-0.1, -0.05) is 5.92 Å². The van der Waals surface area contributed by atoms with Crippen LogP contribution in [0.15, 0.2) is 0 Å². The van der Waals surface area contributed by atoms with Crippen molar-refractivity contribution in [2.75, 3.05) is 6.61 Å². The predicted octanol–water partition coefficient (Wildman–Crippen LogP) is 1.90. The van der Waals surface area contributed by atoms with Crippen molar-refractivity contribution in [1.29, 1.82) is 0 Å². The number of ketones is 1. The van der Waals surface area contributed by atoms with Gasteiger partial charge in [-0.25, -0.2) is 0 Å². The van der Waals surface area contributed by atoms with Gasteiger partial charge in [0.1, 0.15) is 5.60 Å². The number of rotatable bonds is 2. The number of hydrogen-bond donors (Lipinski definition) is 0. The van der Waals surface area contributed by atoms with Crippen LogP contribution in [0.3, 0.4) is 0 Å². The molecule has 0 bridgehead atoms. The van der Waals surface area contributed by atoms with Crippen molar-refractivity contribution in [3.8, 4) is 11.8 Å². The van der Waals surface area contributed by atoms with Gasteiger partial charge in [0.15, 0.2) is 6.29 Å². The summed E-state index contributed by atoms with van der Waals surface area (Å²) in [5.74, 6) is 5.17. The molecule has 1 aliphatic heterocycles. The Hall–Kier alpha value is -0.850. The first-order valence-electron chi connectivity index (χ1n) is 5.33. The van der Waals surface area contributed by atoms with E-state index in [1.165, 1.54) is 6.92 Å². The first-order valence-corrected chi connectivity index (χ1v) is 5.33. The maximum Gasteiger partial charge on any atom is 0.202 e. The van der Waals surface area contributed by atoms with Gasteiger partial charge in [0.2, 0.25) is 5.78 Å². The minimum absolute atomic E-state index is 0.142. The van der Waals surface area contributed by atoms with Crippen molar-refractivity contribution >= 4 is 5.78 Å². The summed E-state index contributed by atoms with van der Waals surface area (Å²) in [7, 11) is 0. The van der Waals surface area contributed by atoms with E-state index in [-0.39, 0.29) is 12.1 Å². The van der Waals surface area contributed by atoms with Crippen molar-refractivity contribution in [1.82, 2.24) is 0 Å². The molecule has 84 valence electrons. The fraction of sp³-hybridized carbons (Fsp3) is 0.750. The second kappa shape index (κ2) is 5.29. The normalized spacial score (nSPS) is 21.7. The topological polar surface area (TPSA) is 35.5 Å². The zero-order chi connectivity index (χ0) is 11.3. The van der Waals surface area contributed by atoms with E-state index in [1.807, 2.05) is 13.8 Å². The van der Waals surface area contributed by atoms with Crippen LogP contribution in [0, 0.1) is 11.8 Å². The van der Waals surface area contributed by atoms with E-state index in [1.54, 1.807) is 0 Å². The van der Waals surface area contributed by atoms with Crippen LogP contribution in [0.5, 0.6) is 0 Å². The number of ether oxygens (including phenoxy) is 2. The standard InChI is InChI=1S/C12H18O3/c1-10(13)7-8-12(2,3)15-11-6-4-5-9-14-11/h11H,4-6,9H2,1-3H3. The van der Waals surface area contributed by atoms with E-state index in [2.05, 4.69) is 11.8 Å². The second-order valence-electron chi connectivity index (χ2n) is 4.23. The van der Waals surface area contributed by atoms with Crippen molar-refractivity contribution in [2.45, 2.75) is 51.9 Å². The van der Waals surface area contributed by atoms with Crippen molar-refractivity contribution in [3.63, 3.8) is 0 Å². The maximum atomic E-state index is 10.7. The van der Waals surface area contributed by atoms with E-state index in [0.717, 1.165) is 25.9 Å². The predicted molar refractivity (Wildman–Crippen MR) is 57.2 cm³/mol. The Morgan fingerprint density at radius 1 is 1.47 bits per heavy atom. The zero-order valence-corrected chi connectivity index (χ0v) is 9.63. The van der Waals surface area contributed by atoms with Crippen LogP contribution < -0.4 is 0 Å². The molecule has 0 N–H and O–H groups in total. The van der Waals surface area contributed by atoms with Crippen LogP contribution >= 0.6 is 0 Å². The number of hydrogen-bond acceptors (Lipinski definition) is 3. The SMILES string of the molecule is CC(=O)C#CC(C)(C)OC1CCCCO1. The Morgan fingerprint density at radius 2 is 2.20 bits per heavy atom. The summed E-state index contributed by atoms with van der Waals surface area (Å²) < 4.78 is 11.1. The highest BCUT2D eigenvalue weighted by Gasteiger charge is 2.23. The largest absolute Gasteiger partial charge is 0.353 e. The molecule has 0 aromatic heterocycles. The molecule has 0 radical (unpaired) electrons. The van der Waals surface area contributed by atoms with Gasteiger partial charge in [0.05, 0.1) is 0 Å². The highest BCUT2D eigenvalue weighted by atomic mass is 16.7. The van der Waals surface area contributed by atoms with Crippen molar-refractivity contribution in [2.24, 2.45) is 0 Å². The van der Waals surface area contributed by atoms with E-state index >= 15 is 0 Å². The second-order valence-corrected chi connectivity index (χ2v) is 4.23. The first-order chi connectivity index (χ1) is 6.99. The van der Waals surface area contributed by atoms with Gasteiger partial charge in [0, 0.05) is 13.5 Å². The third kappa shape index (κ3) is 4.96. The lowest BCUT2D eigenvalue weighted by atomic mass is 10.1. The Bertz CT molecular complexity index is 277. The molecule has 1 aliphatic rings. The van der Waals surface area contributed by atoms with Gasteiger partial charge in [-0.3, -0.25) is 4.79 Å². The molecule has 0 aromatic carbocycles. The molecule has 0 spiro atoms. The monoisotopic (exact) mass is 210 g/mol. The van der Waals surface area contributed by atoms with Gasteiger partial charge in [-0.15, -0.1) is 0 Å². The van der Waals surface area contributed by atoms with E-state index in [4.69, 9.17) is 9.47 Å². The fourth-order valence-electron chi connectivity index (χ4n) is 1.40. The van der Waals surface area contributed by atoms with E-state index < -0.39 is 5.60 Å². The third-order valence-corrected chi connectivity index (χ3v) is 2.10. The fourth-order valence-corrected chi connectivity index (χ4v) is 1.40. The molecule has 1 atom stereocenters. The Balaban J connectivity index is 2.48. The molecule has 1 rings (SSSR count). The zero-order valence-electron chi connectivity index (χ0n) is 9.63. The summed E-state index contributed by atoms with van der Waals surface area (Å²) in [6.45, 7) is 5.89. The van der Waals surface area contributed by atoms with Crippen LogP contribution in [0.25, 0.3) is 0 Å². The average molecular weight is 210 g/mol. The van der Waals surface area contributed by atoms with Crippen molar-refractivity contribution in [3.05, 3.63) is 0 Å². The van der Waals surface area contributed by atoms with Crippen LogP contribution in [0.4, 0.5) is 0 Å². The smallest absolute Gasteiger partial charge is 0.202 e. The summed E-state index contributed by atoms with van der Waals surface area (Å²) in [5, 5.41) is 0. The lowest BCUT2D eigenvalue weighted by Crippen LogP contribution is -2.33. The molecular weight excluding hydrogens is 192 g/mol. The maximum absolute atomic E-state index is 10.7.